The Bertz CT molecular complexity index is 618. The molecule has 2 aromatic rings. The quantitative estimate of drug-likeness (QED) is 0.745. The molecule has 2 N–H and O–H groups in total. The van der Waals surface area contributed by atoms with E-state index in [1.807, 2.05) is 22.6 Å². The molecule has 0 aliphatic carbocycles. The van der Waals surface area contributed by atoms with Crippen molar-refractivity contribution in [1.82, 2.24) is 25.1 Å². The standard InChI is InChI=1S/C9H8IN5O2/c1-11-8(16)5-2-3-15(14-5)7-6(10)9(17)13-4-12-7/h2-4H,1H3,(H,11,16)(H,12,13,17). The van der Waals surface area contributed by atoms with Crippen molar-refractivity contribution in [3.05, 3.63) is 38.2 Å². The molecule has 0 fully saturated rings. The van der Waals surface area contributed by atoms with Crippen molar-refractivity contribution in [2.75, 3.05) is 7.05 Å². The maximum absolute atomic E-state index is 11.4. The Kier molecular flexibility index (Phi) is 3.22. The number of carbonyl (C=O) groups is 1. The topological polar surface area (TPSA) is 92.7 Å². The van der Waals surface area contributed by atoms with Crippen LogP contribution in [0.3, 0.4) is 0 Å². The lowest BCUT2D eigenvalue weighted by molar-refractivity contribution is 0.0957. The predicted octanol–water partition coefficient (Wildman–Crippen LogP) is -0.0802. The summed E-state index contributed by atoms with van der Waals surface area (Å²) >= 11 is 1.88. The lowest BCUT2D eigenvalue weighted by atomic mass is 10.4. The van der Waals surface area contributed by atoms with Crippen LogP contribution in [0.15, 0.2) is 23.4 Å². The minimum absolute atomic E-state index is 0.243. The van der Waals surface area contributed by atoms with E-state index in [-0.39, 0.29) is 17.2 Å². The Balaban J connectivity index is 2.47. The van der Waals surface area contributed by atoms with Gasteiger partial charge in [0.25, 0.3) is 11.5 Å². The van der Waals surface area contributed by atoms with Crippen LogP contribution in [0.2, 0.25) is 0 Å². The van der Waals surface area contributed by atoms with Crippen molar-refractivity contribution in [2.24, 2.45) is 0 Å². The summed E-state index contributed by atoms with van der Waals surface area (Å²) in [7, 11) is 1.52. The van der Waals surface area contributed by atoms with Gasteiger partial charge in [-0.2, -0.15) is 5.10 Å². The van der Waals surface area contributed by atoms with E-state index in [1.54, 1.807) is 12.3 Å². The van der Waals surface area contributed by atoms with Crippen LogP contribution in [0.5, 0.6) is 0 Å². The zero-order chi connectivity index (χ0) is 12.4. The number of H-pyrrole nitrogens is 1. The molecule has 0 spiro atoms. The monoisotopic (exact) mass is 345 g/mol. The Morgan fingerprint density at radius 1 is 1.59 bits per heavy atom. The molecule has 0 aliphatic rings. The van der Waals surface area contributed by atoms with Crippen LogP contribution in [0, 0.1) is 3.57 Å². The van der Waals surface area contributed by atoms with Gasteiger partial charge in [0.05, 0.1) is 6.33 Å². The number of amides is 1. The number of nitrogens with zero attached hydrogens (tertiary/aromatic N) is 3. The largest absolute Gasteiger partial charge is 0.354 e. The van der Waals surface area contributed by atoms with E-state index in [2.05, 4.69) is 20.4 Å². The molecule has 0 saturated carbocycles. The first-order valence-corrected chi connectivity index (χ1v) is 5.72. The number of rotatable bonds is 2. The fourth-order valence-electron chi connectivity index (χ4n) is 1.22. The van der Waals surface area contributed by atoms with E-state index in [0.29, 0.717) is 9.39 Å². The average molecular weight is 345 g/mol. The first-order valence-electron chi connectivity index (χ1n) is 4.65. The molecule has 0 atom stereocenters. The van der Waals surface area contributed by atoms with Gasteiger partial charge in [0.2, 0.25) is 0 Å². The SMILES string of the molecule is CNC(=O)c1ccn(-c2nc[nH]c(=O)c2I)n1. The third-order valence-electron chi connectivity index (χ3n) is 2.04. The highest BCUT2D eigenvalue weighted by atomic mass is 127. The molecule has 17 heavy (non-hydrogen) atoms. The molecule has 0 bridgehead atoms. The van der Waals surface area contributed by atoms with Gasteiger partial charge in [0.15, 0.2) is 11.5 Å². The van der Waals surface area contributed by atoms with Gasteiger partial charge in [-0.15, -0.1) is 0 Å². The highest BCUT2D eigenvalue weighted by molar-refractivity contribution is 14.1. The fourth-order valence-corrected chi connectivity index (χ4v) is 1.77. The summed E-state index contributed by atoms with van der Waals surface area (Å²) in [6, 6.07) is 1.55. The van der Waals surface area contributed by atoms with E-state index in [1.165, 1.54) is 18.1 Å². The van der Waals surface area contributed by atoms with Crippen LogP contribution < -0.4 is 10.9 Å². The van der Waals surface area contributed by atoms with E-state index < -0.39 is 0 Å². The Morgan fingerprint density at radius 2 is 2.35 bits per heavy atom. The number of hydrogen-bond donors (Lipinski definition) is 2. The van der Waals surface area contributed by atoms with Gasteiger partial charge in [0, 0.05) is 13.2 Å². The van der Waals surface area contributed by atoms with Crippen LogP contribution in [-0.4, -0.2) is 32.7 Å². The van der Waals surface area contributed by atoms with Crippen molar-refractivity contribution < 1.29 is 4.79 Å². The molecule has 0 unspecified atom stereocenters. The summed E-state index contributed by atoms with van der Waals surface area (Å²) in [4.78, 5) is 29.2. The molecular formula is C9H8IN5O2. The number of halogens is 1. The third-order valence-corrected chi connectivity index (χ3v) is 3.02. The predicted molar refractivity (Wildman–Crippen MR) is 68.1 cm³/mol. The van der Waals surface area contributed by atoms with Crippen molar-refractivity contribution in [2.45, 2.75) is 0 Å². The Labute approximate surface area is 109 Å². The van der Waals surface area contributed by atoms with Gasteiger partial charge in [-0.05, 0) is 28.7 Å². The highest BCUT2D eigenvalue weighted by Gasteiger charge is 2.12. The van der Waals surface area contributed by atoms with Crippen molar-refractivity contribution in [3.8, 4) is 5.82 Å². The molecule has 7 nitrogen and oxygen atoms in total. The van der Waals surface area contributed by atoms with Crippen LogP contribution >= 0.6 is 22.6 Å². The van der Waals surface area contributed by atoms with Crippen molar-refractivity contribution in [1.29, 1.82) is 0 Å². The molecule has 0 aromatic carbocycles. The molecule has 1 amide bonds. The van der Waals surface area contributed by atoms with E-state index in [4.69, 9.17) is 0 Å². The van der Waals surface area contributed by atoms with Gasteiger partial charge in [0.1, 0.15) is 3.57 Å². The van der Waals surface area contributed by atoms with E-state index in [9.17, 15) is 9.59 Å². The first kappa shape index (κ1) is 11.8. The van der Waals surface area contributed by atoms with Gasteiger partial charge >= 0.3 is 0 Å². The zero-order valence-electron chi connectivity index (χ0n) is 8.77. The zero-order valence-corrected chi connectivity index (χ0v) is 10.9. The summed E-state index contributed by atoms with van der Waals surface area (Å²) in [6.45, 7) is 0. The molecule has 88 valence electrons. The number of aromatic amines is 1. The van der Waals surface area contributed by atoms with Crippen molar-refractivity contribution >= 4 is 28.5 Å². The maximum atomic E-state index is 11.4. The highest BCUT2D eigenvalue weighted by Crippen LogP contribution is 2.09. The third kappa shape index (κ3) is 2.20. The van der Waals surface area contributed by atoms with Crippen LogP contribution in [0.1, 0.15) is 10.5 Å². The Hall–Kier alpha value is -1.71. The number of aromatic nitrogens is 4. The summed E-state index contributed by atoms with van der Waals surface area (Å²) < 4.78 is 1.80. The second-order valence-corrected chi connectivity index (χ2v) is 4.17. The number of carbonyl (C=O) groups excluding carboxylic acids is 1. The smallest absolute Gasteiger partial charge is 0.271 e. The minimum Gasteiger partial charge on any atom is -0.354 e. The van der Waals surface area contributed by atoms with Crippen LogP contribution in [0.25, 0.3) is 5.82 Å². The molecule has 0 radical (unpaired) electrons. The van der Waals surface area contributed by atoms with Gasteiger partial charge in [-0.25, -0.2) is 9.67 Å². The molecular weight excluding hydrogens is 337 g/mol. The van der Waals surface area contributed by atoms with Gasteiger partial charge < -0.3 is 10.3 Å². The average Bonchev–Trinajstić information content (AvgIpc) is 2.81. The normalized spacial score (nSPS) is 10.2. The number of nitrogens with one attached hydrogen (secondary N) is 2. The minimum atomic E-state index is -0.288. The number of hydrogen-bond acceptors (Lipinski definition) is 4. The molecule has 0 saturated heterocycles. The van der Waals surface area contributed by atoms with Crippen molar-refractivity contribution in [3.63, 3.8) is 0 Å². The second-order valence-electron chi connectivity index (χ2n) is 3.09. The van der Waals surface area contributed by atoms with Crippen LogP contribution in [-0.2, 0) is 0 Å². The summed E-state index contributed by atoms with van der Waals surface area (Å²) in [5.74, 6) is 0.105. The first-order chi connectivity index (χ1) is 8.13. The molecule has 8 heteroatoms. The molecule has 0 aliphatic heterocycles. The molecule has 2 rings (SSSR count). The summed E-state index contributed by atoms with van der Waals surface area (Å²) in [5.41, 5.74) is 0.0259. The lowest BCUT2D eigenvalue weighted by Gasteiger charge is -2.01. The van der Waals surface area contributed by atoms with E-state index >= 15 is 0 Å². The Morgan fingerprint density at radius 3 is 3.06 bits per heavy atom. The second kappa shape index (κ2) is 4.65. The van der Waals surface area contributed by atoms with Crippen LogP contribution in [0.4, 0.5) is 0 Å². The molecule has 2 aromatic heterocycles. The van der Waals surface area contributed by atoms with Gasteiger partial charge in [-0.3, -0.25) is 9.59 Å². The summed E-state index contributed by atoms with van der Waals surface area (Å²) in [5, 5.41) is 6.50. The maximum Gasteiger partial charge on any atom is 0.271 e. The molecule has 2 heterocycles. The van der Waals surface area contributed by atoms with Gasteiger partial charge in [-0.1, -0.05) is 0 Å². The summed E-state index contributed by atoms with van der Waals surface area (Å²) in [6.07, 6.45) is 2.87. The van der Waals surface area contributed by atoms with E-state index in [0.717, 1.165) is 0 Å². The fraction of sp³-hybridized carbons (Fsp3) is 0.111. The lowest BCUT2D eigenvalue weighted by Crippen LogP contribution is -2.19.